The number of Topliss-reactive ketones (excluding diaryl/α,β-unsaturated/α-hetero) is 1. The van der Waals surface area contributed by atoms with Gasteiger partial charge in [0.05, 0.1) is 7.11 Å². The first kappa shape index (κ1) is 13.7. The summed E-state index contributed by atoms with van der Waals surface area (Å²) in [6.07, 6.45) is 3.82. The van der Waals surface area contributed by atoms with Crippen molar-refractivity contribution >= 4 is 5.78 Å². The van der Waals surface area contributed by atoms with Crippen molar-refractivity contribution in [2.24, 2.45) is 0 Å². The second-order valence-electron chi connectivity index (χ2n) is 5.38. The minimum absolute atomic E-state index is 0.0480. The summed E-state index contributed by atoms with van der Waals surface area (Å²) >= 11 is 0. The van der Waals surface area contributed by atoms with Crippen molar-refractivity contribution in [3.63, 3.8) is 0 Å². The Morgan fingerprint density at radius 2 is 2.10 bits per heavy atom. The average Bonchev–Trinajstić information content (AvgIpc) is 2.55. The Balaban J connectivity index is 1.76. The van der Waals surface area contributed by atoms with E-state index in [1.54, 1.807) is 12.1 Å². The Morgan fingerprint density at radius 3 is 2.86 bits per heavy atom. The number of carbonyl (C=O) groups excluding carboxylic acids is 1. The number of hydrogen-bond donors (Lipinski definition) is 0. The van der Waals surface area contributed by atoms with E-state index in [1.807, 2.05) is 0 Å². The summed E-state index contributed by atoms with van der Waals surface area (Å²) in [6, 6.07) is 11.8. The second kappa shape index (κ2) is 6.04. The van der Waals surface area contributed by atoms with E-state index in [4.69, 9.17) is 4.74 Å². The number of benzene rings is 1. The van der Waals surface area contributed by atoms with Crippen LogP contribution < -0.4 is 4.74 Å². The van der Waals surface area contributed by atoms with Gasteiger partial charge in [0.1, 0.15) is 5.69 Å². The van der Waals surface area contributed by atoms with E-state index >= 15 is 0 Å². The highest BCUT2D eigenvalue weighted by atomic mass is 16.5. The Labute approximate surface area is 124 Å². The third-order valence-electron chi connectivity index (χ3n) is 4.06. The molecule has 0 radical (unpaired) electrons. The van der Waals surface area contributed by atoms with Gasteiger partial charge in [-0.15, -0.1) is 10.2 Å². The second-order valence-corrected chi connectivity index (χ2v) is 5.38. The number of aromatic nitrogens is 2. The molecule has 3 rings (SSSR count). The highest BCUT2D eigenvalue weighted by Crippen LogP contribution is 2.34. The largest absolute Gasteiger partial charge is 0.480 e. The van der Waals surface area contributed by atoms with E-state index in [2.05, 4.69) is 34.5 Å². The number of methoxy groups -OCH3 is 1. The minimum atomic E-state index is 0.0480. The van der Waals surface area contributed by atoms with Gasteiger partial charge >= 0.3 is 0 Å². The van der Waals surface area contributed by atoms with Crippen molar-refractivity contribution in [2.75, 3.05) is 7.11 Å². The highest BCUT2D eigenvalue weighted by Gasteiger charge is 2.23. The van der Waals surface area contributed by atoms with Gasteiger partial charge in [0.25, 0.3) is 0 Å². The SMILES string of the molecule is COc1ccc(C(=O)CC2CCCc3ccccc32)nn1. The molecule has 0 N–H and O–H groups in total. The fourth-order valence-corrected chi connectivity index (χ4v) is 2.97. The molecule has 0 bridgehead atoms. The Kier molecular flexibility index (Phi) is 3.95. The number of hydrogen-bond acceptors (Lipinski definition) is 4. The summed E-state index contributed by atoms with van der Waals surface area (Å²) < 4.78 is 4.96. The van der Waals surface area contributed by atoms with Crippen LogP contribution in [-0.2, 0) is 6.42 Å². The summed E-state index contributed by atoms with van der Waals surface area (Å²) in [5.74, 6) is 0.771. The van der Waals surface area contributed by atoms with Crippen LogP contribution in [0.4, 0.5) is 0 Å². The van der Waals surface area contributed by atoms with Gasteiger partial charge in [-0.05, 0) is 42.4 Å². The van der Waals surface area contributed by atoms with Gasteiger partial charge in [-0.25, -0.2) is 0 Å². The lowest BCUT2D eigenvalue weighted by atomic mass is 9.80. The van der Waals surface area contributed by atoms with Crippen molar-refractivity contribution in [3.8, 4) is 5.88 Å². The number of nitrogens with zero attached hydrogens (tertiary/aromatic N) is 2. The Bertz CT molecular complexity index is 637. The molecule has 1 heterocycles. The van der Waals surface area contributed by atoms with E-state index in [-0.39, 0.29) is 5.78 Å². The summed E-state index contributed by atoms with van der Waals surface area (Å²) in [5, 5.41) is 7.81. The highest BCUT2D eigenvalue weighted by molar-refractivity contribution is 5.94. The number of aryl methyl sites for hydroxylation is 1. The number of fused-ring (bicyclic) bond motifs is 1. The quantitative estimate of drug-likeness (QED) is 0.808. The predicted octanol–water partition coefficient (Wildman–Crippen LogP) is 3.18. The monoisotopic (exact) mass is 282 g/mol. The van der Waals surface area contributed by atoms with Gasteiger partial charge in [0.15, 0.2) is 5.78 Å². The maximum Gasteiger partial charge on any atom is 0.233 e. The van der Waals surface area contributed by atoms with Gasteiger partial charge < -0.3 is 4.74 Å². The van der Waals surface area contributed by atoms with Crippen LogP contribution in [0.25, 0.3) is 0 Å². The number of carbonyl (C=O) groups is 1. The van der Waals surface area contributed by atoms with Gasteiger partial charge in [-0.3, -0.25) is 4.79 Å². The standard InChI is InChI=1S/C17H18N2O2/c1-21-17-10-9-15(18-19-17)16(20)11-13-7-4-6-12-5-2-3-8-14(12)13/h2-3,5,8-10,13H,4,6-7,11H2,1H3. The molecule has 21 heavy (non-hydrogen) atoms. The Hall–Kier alpha value is -2.23. The molecule has 0 amide bonds. The van der Waals surface area contributed by atoms with Gasteiger partial charge in [0.2, 0.25) is 5.88 Å². The molecule has 0 spiro atoms. The molecule has 108 valence electrons. The fourth-order valence-electron chi connectivity index (χ4n) is 2.97. The zero-order valence-corrected chi connectivity index (χ0v) is 12.1. The average molecular weight is 282 g/mol. The van der Waals surface area contributed by atoms with Crippen LogP contribution in [0.3, 0.4) is 0 Å². The molecule has 0 saturated heterocycles. The maximum atomic E-state index is 12.4. The van der Waals surface area contributed by atoms with Gasteiger partial charge in [-0.1, -0.05) is 24.3 Å². The normalized spacial score (nSPS) is 17.1. The molecule has 1 atom stereocenters. The number of ether oxygens (including phenoxy) is 1. The maximum absolute atomic E-state index is 12.4. The molecule has 1 unspecified atom stereocenters. The minimum Gasteiger partial charge on any atom is -0.480 e. The summed E-state index contributed by atoms with van der Waals surface area (Å²) in [6.45, 7) is 0. The third kappa shape index (κ3) is 2.94. The lowest BCUT2D eigenvalue weighted by Crippen LogP contribution is -2.15. The topological polar surface area (TPSA) is 52.1 Å². The van der Waals surface area contributed by atoms with Crippen molar-refractivity contribution in [2.45, 2.75) is 31.6 Å². The van der Waals surface area contributed by atoms with Gasteiger partial charge in [-0.2, -0.15) is 0 Å². The third-order valence-corrected chi connectivity index (χ3v) is 4.06. The van der Waals surface area contributed by atoms with E-state index < -0.39 is 0 Å². The van der Waals surface area contributed by atoms with Crippen LogP contribution in [0.15, 0.2) is 36.4 Å². The zero-order valence-electron chi connectivity index (χ0n) is 12.1. The summed E-state index contributed by atoms with van der Waals surface area (Å²) in [4.78, 5) is 12.4. The molecule has 1 aliphatic carbocycles. The van der Waals surface area contributed by atoms with Crippen LogP contribution in [0.2, 0.25) is 0 Å². The molecule has 1 aromatic heterocycles. The smallest absolute Gasteiger partial charge is 0.233 e. The van der Waals surface area contributed by atoms with Crippen molar-refractivity contribution < 1.29 is 9.53 Å². The first-order chi connectivity index (χ1) is 10.3. The van der Waals surface area contributed by atoms with E-state index in [1.165, 1.54) is 18.2 Å². The molecule has 4 heteroatoms. The Morgan fingerprint density at radius 1 is 1.24 bits per heavy atom. The first-order valence-electron chi connectivity index (χ1n) is 7.26. The summed E-state index contributed by atoms with van der Waals surface area (Å²) in [7, 11) is 1.53. The molecule has 0 fully saturated rings. The van der Waals surface area contributed by atoms with Crippen LogP contribution in [0.1, 0.15) is 46.8 Å². The molecule has 0 saturated carbocycles. The van der Waals surface area contributed by atoms with Crippen LogP contribution in [-0.4, -0.2) is 23.1 Å². The first-order valence-corrected chi connectivity index (χ1v) is 7.26. The van der Waals surface area contributed by atoms with Gasteiger partial charge in [0, 0.05) is 12.5 Å². The lowest BCUT2D eigenvalue weighted by molar-refractivity contribution is 0.0965. The molecule has 2 aromatic rings. The molecular formula is C17H18N2O2. The molecule has 0 aliphatic heterocycles. The van der Waals surface area contributed by atoms with E-state index in [9.17, 15) is 4.79 Å². The molecular weight excluding hydrogens is 264 g/mol. The summed E-state index contributed by atoms with van der Waals surface area (Å²) in [5.41, 5.74) is 3.11. The van der Waals surface area contributed by atoms with Crippen molar-refractivity contribution in [1.82, 2.24) is 10.2 Å². The molecule has 1 aromatic carbocycles. The fraction of sp³-hybridized carbons (Fsp3) is 0.353. The van der Waals surface area contributed by atoms with E-state index in [0.717, 1.165) is 19.3 Å². The van der Waals surface area contributed by atoms with Crippen LogP contribution in [0, 0.1) is 0 Å². The number of ketones is 1. The molecule has 1 aliphatic rings. The van der Waals surface area contributed by atoms with E-state index in [0.29, 0.717) is 23.9 Å². The van der Waals surface area contributed by atoms with Crippen LogP contribution >= 0.6 is 0 Å². The van der Waals surface area contributed by atoms with Crippen LogP contribution in [0.5, 0.6) is 5.88 Å². The van der Waals surface area contributed by atoms with Crippen molar-refractivity contribution in [1.29, 1.82) is 0 Å². The number of rotatable bonds is 4. The predicted molar refractivity (Wildman–Crippen MR) is 79.7 cm³/mol. The zero-order chi connectivity index (χ0) is 14.7. The lowest BCUT2D eigenvalue weighted by Gasteiger charge is -2.24. The van der Waals surface area contributed by atoms with Crippen molar-refractivity contribution in [3.05, 3.63) is 53.2 Å². The molecule has 4 nitrogen and oxygen atoms in total.